The first kappa shape index (κ1) is 33.6. The van der Waals surface area contributed by atoms with Crippen molar-refractivity contribution in [2.45, 2.75) is 71.9 Å². The number of hydrogen-bond donors (Lipinski definition) is 3. The summed E-state index contributed by atoms with van der Waals surface area (Å²) in [5, 5.41) is 14.7. The molecule has 0 saturated carbocycles. The monoisotopic (exact) mass is 631 g/mol. The van der Waals surface area contributed by atoms with Gasteiger partial charge in [-0.15, -0.1) is 0 Å². The molecule has 5 rings (SSSR count). The van der Waals surface area contributed by atoms with Gasteiger partial charge in [0.1, 0.15) is 6.61 Å². The van der Waals surface area contributed by atoms with Crippen molar-refractivity contribution in [2.24, 2.45) is 5.92 Å². The minimum Gasteiger partial charge on any atom is -0.481 e. The number of nitrogens with zero attached hydrogens (tertiary/aromatic N) is 1. The van der Waals surface area contributed by atoms with E-state index in [4.69, 9.17) is 4.74 Å². The Balaban J connectivity index is 1.51. The molecule has 0 bridgehead atoms. The van der Waals surface area contributed by atoms with E-state index >= 15 is 0 Å². The van der Waals surface area contributed by atoms with Gasteiger partial charge in [0.25, 0.3) is 0 Å². The molecular formula is C40H45N3O4. The van der Waals surface area contributed by atoms with Gasteiger partial charge in [0, 0.05) is 40.9 Å². The molecular weight excluding hydrogens is 586 g/mol. The van der Waals surface area contributed by atoms with E-state index in [-0.39, 0.29) is 12.6 Å². The van der Waals surface area contributed by atoms with E-state index in [9.17, 15) is 14.7 Å². The summed E-state index contributed by atoms with van der Waals surface area (Å²) in [7, 11) is 0. The van der Waals surface area contributed by atoms with Gasteiger partial charge in [-0.2, -0.15) is 0 Å². The maximum absolute atomic E-state index is 13.6. The van der Waals surface area contributed by atoms with Crippen LogP contribution in [0.25, 0.3) is 22.2 Å². The predicted molar refractivity (Wildman–Crippen MR) is 187 cm³/mol. The molecule has 5 aromatic rings. The number of ether oxygens (including phenoxy) is 1. The largest absolute Gasteiger partial charge is 0.481 e. The summed E-state index contributed by atoms with van der Waals surface area (Å²) in [4.78, 5) is 33.6. The van der Waals surface area contributed by atoms with Crippen LogP contribution in [-0.4, -0.2) is 33.6 Å². The van der Waals surface area contributed by atoms with Crippen molar-refractivity contribution in [3.05, 3.63) is 125 Å². The van der Waals surface area contributed by atoms with Crippen LogP contribution >= 0.6 is 0 Å². The highest BCUT2D eigenvalue weighted by Gasteiger charge is 2.34. The molecule has 47 heavy (non-hydrogen) atoms. The van der Waals surface area contributed by atoms with Crippen molar-refractivity contribution < 1.29 is 19.4 Å². The number of rotatable bonds is 13. The number of esters is 1. The second-order valence-electron chi connectivity index (χ2n) is 13.6. The average Bonchev–Trinajstić information content (AvgIpc) is 3.44. The van der Waals surface area contributed by atoms with Crippen LogP contribution in [-0.2, 0) is 38.3 Å². The second-order valence-corrected chi connectivity index (χ2v) is 13.6. The fraction of sp³-hybridized carbons (Fsp3) is 0.325. The van der Waals surface area contributed by atoms with Crippen molar-refractivity contribution in [1.29, 1.82) is 0 Å². The fourth-order valence-electron chi connectivity index (χ4n) is 6.20. The number of aromatic amines is 1. The molecule has 244 valence electrons. The van der Waals surface area contributed by atoms with E-state index in [0.29, 0.717) is 19.4 Å². The Kier molecular flexibility index (Phi) is 9.96. The highest BCUT2D eigenvalue weighted by molar-refractivity contribution is 5.94. The number of aliphatic carboxylic acids is 1. The highest BCUT2D eigenvalue weighted by Crippen LogP contribution is 2.40. The summed E-state index contributed by atoms with van der Waals surface area (Å²) in [6.45, 7) is 12.5. The van der Waals surface area contributed by atoms with Gasteiger partial charge in [-0.05, 0) is 113 Å². The summed E-state index contributed by atoms with van der Waals surface area (Å²) in [5.41, 5.74) is 7.36. The minimum atomic E-state index is -1.07. The molecule has 1 unspecified atom stereocenters. The number of carboxylic acid groups (broad SMARTS) is 1. The number of H-pyrrole nitrogens is 1. The van der Waals surface area contributed by atoms with Crippen LogP contribution < -0.4 is 5.32 Å². The van der Waals surface area contributed by atoms with Crippen LogP contribution in [0.15, 0.2) is 91.3 Å². The summed E-state index contributed by atoms with van der Waals surface area (Å²) in [6, 6.07) is 26.0. The van der Waals surface area contributed by atoms with Crippen molar-refractivity contribution in [2.75, 3.05) is 6.54 Å². The molecule has 3 N–H and O–H groups in total. The second kappa shape index (κ2) is 13.9. The molecule has 0 spiro atoms. The summed E-state index contributed by atoms with van der Waals surface area (Å²) < 4.78 is 5.85. The van der Waals surface area contributed by atoms with Gasteiger partial charge in [0.2, 0.25) is 0 Å². The molecule has 2 aromatic heterocycles. The zero-order valence-electron chi connectivity index (χ0n) is 28.2. The number of hydrogen-bond acceptors (Lipinski definition) is 5. The fourth-order valence-corrected chi connectivity index (χ4v) is 6.20. The van der Waals surface area contributed by atoms with Gasteiger partial charge < -0.3 is 20.1 Å². The van der Waals surface area contributed by atoms with Gasteiger partial charge in [-0.1, -0.05) is 53.6 Å². The molecule has 7 nitrogen and oxygen atoms in total. The number of carbonyl (C=O) groups is 2. The number of carboxylic acids is 1. The number of pyridine rings is 1. The van der Waals surface area contributed by atoms with Crippen LogP contribution in [0.3, 0.4) is 0 Å². The minimum absolute atomic E-state index is 0.219. The lowest BCUT2D eigenvalue weighted by molar-refractivity contribution is -0.150. The maximum atomic E-state index is 13.6. The SMILES string of the molecule is Cc1cc(C)cc(-c2[nH]c3ccc(C(C)(C)C(=O)O)cc3c2C(C)(C)NCC(CCc2ccncc2)C(=O)OCc2ccccc2)c1. The van der Waals surface area contributed by atoms with E-state index in [1.165, 1.54) is 0 Å². The normalized spacial score (nSPS) is 12.6. The molecule has 1 atom stereocenters. The van der Waals surface area contributed by atoms with Gasteiger partial charge >= 0.3 is 11.9 Å². The topological polar surface area (TPSA) is 104 Å². The van der Waals surface area contributed by atoms with Crippen LogP contribution in [0.5, 0.6) is 0 Å². The van der Waals surface area contributed by atoms with E-state index in [0.717, 1.165) is 55.5 Å². The van der Waals surface area contributed by atoms with Crippen LogP contribution in [0.2, 0.25) is 0 Å². The Hall–Kier alpha value is -4.75. The lowest BCUT2D eigenvalue weighted by Gasteiger charge is -2.30. The third-order valence-electron chi connectivity index (χ3n) is 9.07. The zero-order valence-corrected chi connectivity index (χ0v) is 28.2. The first-order chi connectivity index (χ1) is 22.3. The third-order valence-corrected chi connectivity index (χ3v) is 9.07. The summed E-state index contributed by atoms with van der Waals surface area (Å²) >= 11 is 0. The highest BCUT2D eigenvalue weighted by atomic mass is 16.5. The van der Waals surface area contributed by atoms with E-state index in [1.54, 1.807) is 26.2 Å². The number of fused-ring (bicyclic) bond motifs is 1. The predicted octanol–water partition coefficient (Wildman–Crippen LogP) is 8.03. The lowest BCUT2D eigenvalue weighted by atomic mass is 9.82. The van der Waals surface area contributed by atoms with Gasteiger partial charge in [0.05, 0.1) is 17.0 Å². The first-order valence-electron chi connectivity index (χ1n) is 16.2. The molecule has 0 amide bonds. The van der Waals surface area contributed by atoms with Crippen molar-refractivity contribution >= 4 is 22.8 Å². The third kappa shape index (κ3) is 7.80. The molecule has 3 aromatic carbocycles. The summed E-state index contributed by atoms with van der Waals surface area (Å²) in [5.74, 6) is -1.53. The van der Waals surface area contributed by atoms with Gasteiger partial charge in [-0.3, -0.25) is 14.6 Å². The van der Waals surface area contributed by atoms with Gasteiger partial charge in [0.15, 0.2) is 0 Å². The Morgan fingerprint density at radius 3 is 2.23 bits per heavy atom. The van der Waals surface area contributed by atoms with Crippen LogP contribution in [0.1, 0.15) is 67.5 Å². The Morgan fingerprint density at radius 2 is 1.57 bits per heavy atom. The van der Waals surface area contributed by atoms with E-state index in [2.05, 4.69) is 61.2 Å². The number of nitrogens with one attached hydrogen (secondary N) is 2. The Labute approximate surface area is 277 Å². The van der Waals surface area contributed by atoms with Crippen molar-refractivity contribution in [1.82, 2.24) is 15.3 Å². The quantitative estimate of drug-likeness (QED) is 0.114. The zero-order chi connectivity index (χ0) is 33.8. The Bertz CT molecular complexity index is 1840. The molecule has 0 aliphatic heterocycles. The lowest BCUT2D eigenvalue weighted by Crippen LogP contribution is -2.42. The molecule has 0 saturated heterocycles. The molecule has 0 aliphatic carbocycles. The van der Waals surface area contributed by atoms with Gasteiger partial charge in [-0.25, -0.2) is 0 Å². The van der Waals surface area contributed by atoms with Crippen molar-refractivity contribution in [3.8, 4) is 11.3 Å². The molecule has 2 heterocycles. The Morgan fingerprint density at radius 1 is 0.894 bits per heavy atom. The average molecular weight is 632 g/mol. The smallest absolute Gasteiger partial charge is 0.313 e. The number of benzene rings is 3. The first-order valence-corrected chi connectivity index (χ1v) is 16.2. The number of carbonyl (C=O) groups excluding carboxylic acids is 1. The van der Waals surface area contributed by atoms with Crippen LogP contribution in [0, 0.1) is 19.8 Å². The molecule has 0 aliphatic rings. The maximum Gasteiger partial charge on any atom is 0.313 e. The van der Waals surface area contributed by atoms with Crippen LogP contribution in [0.4, 0.5) is 0 Å². The number of aryl methyl sites for hydroxylation is 3. The molecule has 0 radical (unpaired) electrons. The van der Waals surface area contributed by atoms with E-state index in [1.807, 2.05) is 60.7 Å². The molecule has 0 fully saturated rings. The van der Waals surface area contributed by atoms with E-state index < -0.39 is 22.8 Å². The van der Waals surface area contributed by atoms with Crippen molar-refractivity contribution in [3.63, 3.8) is 0 Å². The standard InChI is InChI=1S/C40H45N3O4/c1-26-20-27(2)22-31(21-26)36-35(33-23-32(14-15-34(33)43-36)39(3,4)38(45)46)40(5,6)42-24-30(13-12-28-16-18-41-19-17-28)37(44)47-25-29-10-8-7-9-11-29/h7-11,14-23,30,42-43H,12-13,24-25H2,1-6H3,(H,45,46). The molecule has 7 heteroatoms. The number of aromatic nitrogens is 2. The summed E-state index contributed by atoms with van der Waals surface area (Å²) in [6.07, 6.45) is 4.86.